The van der Waals surface area contributed by atoms with Crippen molar-refractivity contribution in [3.05, 3.63) is 24.2 Å². The molecule has 0 aliphatic carbocycles. The van der Waals surface area contributed by atoms with Gasteiger partial charge in [0.2, 0.25) is 0 Å². The van der Waals surface area contributed by atoms with Crippen LogP contribution in [0, 0.1) is 0 Å². The second-order valence-corrected chi connectivity index (χ2v) is 4.83. The van der Waals surface area contributed by atoms with E-state index in [0.717, 1.165) is 38.4 Å². The molecule has 1 heterocycles. The number of aliphatic hydroxyl groups excluding tert-OH is 1. The van der Waals surface area contributed by atoms with E-state index in [1.54, 1.807) is 6.26 Å². The molecular formula is C15H28N2O3. The maximum Gasteiger partial charge on any atom is 0.129 e. The molecule has 0 bridgehead atoms. The van der Waals surface area contributed by atoms with Crippen molar-refractivity contribution in [2.24, 2.45) is 0 Å². The molecule has 2 N–H and O–H groups in total. The smallest absolute Gasteiger partial charge is 0.129 e. The largest absolute Gasteiger partial charge is 0.467 e. The summed E-state index contributed by atoms with van der Waals surface area (Å²) in [5.41, 5.74) is 0. The summed E-state index contributed by atoms with van der Waals surface area (Å²) in [6.07, 6.45) is 2.24. The highest BCUT2D eigenvalue weighted by Crippen LogP contribution is 2.01. The fraction of sp³-hybridized carbons (Fsp3) is 0.733. The molecule has 1 rings (SSSR count). The molecule has 0 fully saturated rings. The average molecular weight is 284 g/mol. The van der Waals surface area contributed by atoms with Gasteiger partial charge in [0.15, 0.2) is 0 Å². The molecule has 116 valence electrons. The summed E-state index contributed by atoms with van der Waals surface area (Å²) in [5.74, 6) is 0.782. The Morgan fingerprint density at radius 1 is 1.40 bits per heavy atom. The summed E-state index contributed by atoms with van der Waals surface area (Å²) in [6.45, 7) is 9.87. The molecular weight excluding hydrogens is 256 g/mol. The lowest BCUT2D eigenvalue weighted by molar-refractivity contribution is 0.0227. The van der Waals surface area contributed by atoms with Crippen molar-refractivity contribution in [3.63, 3.8) is 0 Å². The third-order valence-corrected chi connectivity index (χ3v) is 3.24. The van der Waals surface area contributed by atoms with Gasteiger partial charge in [-0.1, -0.05) is 13.8 Å². The van der Waals surface area contributed by atoms with Crippen LogP contribution in [0.15, 0.2) is 22.8 Å². The van der Waals surface area contributed by atoms with E-state index in [0.29, 0.717) is 19.8 Å². The van der Waals surface area contributed by atoms with E-state index in [1.807, 2.05) is 12.1 Å². The molecule has 1 aromatic heterocycles. The Hall–Kier alpha value is -0.880. The van der Waals surface area contributed by atoms with Gasteiger partial charge in [0.1, 0.15) is 12.4 Å². The van der Waals surface area contributed by atoms with Crippen LogP contribution in [-0.4, -0.2) is 55.4 Å². The zero-order valence-corrected chi connectivity index (χ0v) is 12.7. The number of rotatable bonds is 12. The van der Waals surface area contributed by atoms with E-state index in [2.05, 4.69) is 24.1 Å². The Kier molecular flexibility index (Phi) is 9.32. The highest BCUT2D eigenvalue weighted by atomic mass is 16.5. The van der Waals surface area contributed by atoms with Gasteiger partial charge in [0.05, 0.1) is 19.0 Å². The molecule has 0 amide bonds. The molecule has 5 heteroatoms. The average Bonchev–Trinajstić information content (AvgIpc) is 2.96. The van der Waals surface area contributed by atoms with E-state index < -0.39 is 6.10 Å². The van der Waals surface area contributed by atoms with Crippen LogP contribution in [0.2, 0.25) is 0 Å². The standard InChI is InChI=1S/C15H28N2O3/c1-3-17(4-2)9-6-8-16-11-14(18)12-19-13-15-7-5-10-20-15/h5,7,10,14,16,18H,3-4,6,8-9,11-13H2,1-2H3. The van der Waals surface area contributed by atoms with Crippen molar-refractivity contribution >= 4 is 0 Å². The Bertz CT molecular complexity index is 313. The molecule has 5 nitrogen and oxygen atoms in total. The molecule has 0 radical (unpaired) electrons. The van der Waals surface area contributed by atoms with Crippen LogP contribution in [0.25, 0.3) is 0 Å². The molecule has 20 heavy (non-hydrogen) atoms. The number of ether oxygens (including phenoxy) is 1. The lowest BCUT2D eigenvalue weighted by atomic mass is 10.3. The van der Waals surface area contributed by atoms with Crippen LogP contribution in [0.3, 0.4) is 0 Å². The molecule has 0 aromatic carbocycles. The second-order valence-electron chi connectivity index (χ2n) is 4.83. The van der Waals surface area contributed by atoms with E-state index in [1.165, 1.54) is 0 Å². The summed E-state index contributed by atoms with van der Waals surface area (Å²) in [4.78, 5) is 2.39. The molecule has 0 saturated heterocycles. The molecule has 0 saturated carbocycles. The lowest BCUT2D eigenvalue weighted by Crippen LogP contribution is -2.33. The molecule has 0 spiro atoms. The van der Waals surface area contributed by atoms with Crippen LogP contribution in [0.1, 0.15) is 26.0 Å². The van der Waals surface area contributed by atoms with Crippen LogP contribution >= 0.6 is 0 Å². The predicted octanol–water partition coefficient (Wildman–Crippen LogP) is 1.48. The zero-order chi connectivity index (χ0) is 14.6. The van der Waals surface area contributed by atoms with Crippen molar-refractivity contribution in [3.8, 4) is 0 Å². The molecule has 0 aliphatic heterocycles. The maximum absolute atomic E-state index is 9.75. The minimum Gasteiger partial charge on any atom is -0.467 e. The minimum absolute atomic E-state index is 0.323. The van der Waals surface area contributed by atoms with Gasteiger partial charge in [-0.05, 0) is 44.7 Å². The van der Waals surface area contributed by atoms with Crippen molar-refractivity contribution in [1.82, 2.24) is 10.2 Å². The Morgan fingerprint density at radius 3 is 2.85 bits per heavy atom. The van der Waals surface area contributed by atoms with Crippen molar-refractivity contribution in [1.29, 1.82) is 0 Å². The van der Waals surface area contributed by atoms with E-state index in [9.17, 15) is 5.11 Å². The zero-order valence-electron chi connectivity index (χ0n) is 12.7. The SMILES string of the molecule is CCN(CC)CCCNCC(O)COCc1ccco1. The highest BCUT2D eigenvalue weighted by molar-refractivity contribution is 4.96. The van der Waals surface area contributed by atoms with Crippen LogP contribution in [-0.2, 0) is 11.3 Å². The number of hydrogen-bond acceptors (Lipinski definition) is 5. The summed E-state index contributed by atoms with van der Waals surface area (Å²) >= 11 is 0. The Labute approximate surface area is 121 Å². The van der Waals surface area contributed by atoms with Crippen LogP contribution < -0.4 is 5.32 Å². The number of nitrogens with one attached hydrogen (secondary N) is 1. The maximum atomic E-state index is 9.75. The first kappa shape index (κ1) is 17.2. The van der Waals surface area contributed by atoms with Gasteiger partial charge >= 0.3 is 0 Å². The molecule has 1 aromatic rings. The monoisotopic (exact) mass is 284 g/mol. The molecule has 1 unspecified atom stereocenters. The van der Waals surface area contributed by atoms with Gasteiger partial charge in [-0.2, -0.15) is 0 Å². The summed E-state index contributed by atoms with van der Waals surface area (Å²) in [5, 5.41) is 13.0. The first-order chi connectivity index (χ1) is 9.76. The molecule has 1 atom stereocenters. The van der Waals surface area contributed by atoms with Crippen LogP contribution in [0.4, 0.5) is 0 Å². The first-order valence-electron chi connectivity index (χ1n) is 7.47. The topological polar surface area (TPSA) is 57.9 Å². The summed E-state index contributed by atoms with van der Waals surface area (Å²) in [6, 6.07) is 3.68. The minimum atomic E-state index is -0.474. The quantitative estimate of drug-likeness (QED) is 0.569. The van der Waals surface area contributed by atoms with Crippen molar-refractivity contribution < 1.29 is 14.3 Å². The molecule has 0 aliphatic rings. The Balaban J connectivity index is 1.93. The van der Waals surface area contributed by atoms with Gasteiger partial charge in [0, 0.05) is 6.54 Å². The van der Waals surface area contributed by atoms with Gasteiger partial charge in [-0.25, -0.2) is 0 Å². The number of hydrogen-bond donors (Lipinski definition) is 2. The van der Waals surface area contributed by atoms with Crippen LogP contribution in [0.5, 0.6) is 0 Å². The van der Waals surface area contributed by atoms with Gasteiger partial charge < -0.3 is 24.5 Å². The third kappa shape index (κ3) is 7.65. The van der Waals surface area contributed by atoms with Gasteiger partial charge in [0.25, 0.3) is 0 Å². The van der Waals surface area contributed by atoms with E-state index >= 15 is 0 Å². The normalized spacial score (nSPS) is 13.0. The first-order valence-corrected chi connectivity index (χ1v) is 7.47. The Morgan fingerprint density at radius 2 is 2.20 bits per heavy atom. The second kappa shape index (κ2) is 10.9. The fourth-order valence-corrected chi connectivity index (χ4v) is 1.99. The fourth-order valence-electron chi connectivity index (χ4n) is 1.99. The predicted molar refractivity (Wildman–Crippen MR) is 79.6 cm³/mol. The number of furan rings is 1. The van der Waals surface area contributed by atoms with Crippen molar-refractivity contribution in [2.75, 3.05) is 39.3 Å². The summed E-state index contributed by atoms with van der Waals surface area (Å²) in [7, 11) is 0. The van der Waals surface area contributed by atoms with E-state index in [-0.39, 0.29) is 0 Å². The van der Waals surface area contributed by atoms with Crippen molar-refractivity contribution in [2.45, 2.75) is 33.0 Å². The number of nitrogens with zero attached hydrogens (tertiary/aromatic N) is 1. The third-order valence-electron chi connectivity index (χ3n) is 3.24. The lowest BCUT2D eigenvalue weighted by Gasteiger charge is -2.18. The van der Waals surface area contributed by atoms with Gasteiger partial charge in [-0.3, -0.25) is 0 Å². The highest BCUT2D eigenvalue weighted by Gasteiger charge is 2.05. The number of aliphatic hydroxyl groups is 1. The summed E-state index contributed by atoms with van der Waals surface area (Å²) < 4.78 is 10.5. The van der Waals surface area contributed by atoms with E-state index in [4.69, 9.17) is 9.15 Å². The van der Waals surface area contributed by atoms with Gasteiger partial charge in [-0.15, -0.1) is 0 Å².